The van der Waals surface area contributed by atoms with Crippen molar-refractivity contribution in [2.75, 3.05) is 7.11 Å². The van der Waals surface area contributed by atoms with Gasteiger partial charge < -0.3 is 4.74 Å². The van der Waals surface area contributed by atoms with Gasteiger partial charge in [0.15, 0.2) is 0 Å². The summed E-state index contributed by atoms with van der Waals surface area (Å²) in [5, 5.41) is 0. The molecule has 0 aromatic heterocycles. The first-order valence-corrected chi connectivity index (χ1v) is 7.98. The van der Waals surface area contributed by atoms with E-state index in [4.69, 9.17) is 4.74 Å². The Kier molecular flexibility index (Phi) is 5.13. The quantitative estimate of drug-likeness (QED) is 0.500. The van der Waals surface area contributed by atoms with Gasteiger partial charge in [0.25, 0.3) is 0 Å². The van der Waals surface area contributed by atoms with Crippen molar-refractivity contribution in [3.63, 3.8) is 0 Å². The Balaban J connectivity index is 2.06. The van der Waals surface area contributed by atoms with Crippen molar-refractivity contribution in [1.82, 2.24) is 0 Å². The van der Waals surface area contributed by atoms with E-state index in [1.165, 1.54) is 25.7 Å². The van der Waals surface area contributed by atoms with Crippen LogP contribution < -0.4 is 0 Å². The molecule has 2 aliphatic carbocycles. The Hall–Kier alpha value is -0.720. The maximum absolute atomic E-state index is 5.03. The van der Waals surface area contributed by atoms with Crippen LogP contribution in [0.1, 0.15) is 52.9 Å². The van der Waals surface area contributed by atoms with Crippen LogP contribution in [0.25, 0.3) is 0 Å². The molecule has 0 amide bonds. The third-order valence-electron chi connectivity index (χ3n) is 5.50. The molecule has 2 rings (SSSR count). The molecule has 0 bridgehead atoms. The summed E-state index contributed by atoms with van der Waals surface area (Å²) in [7, 11) is 1.73. The summed E-state index contributed by atoms with van der Waals surface area (Å²) in [5.41, 5.74) is 1.62. The maximum Gasteiger partial charge on any atom is 0.0784 e. The standard InChI is InChI=1S/C18H30O/c1-13-7-9-16-15(3)8-10-17(18(16)12-13)14(2)6-5-11-19-4/h5,11-12,14-18H,6-10H2,1-4H3/t14-,15+,16-,17-,18-/m0/s1. The van der Waals surface area contributed by atoms with Crippen LogP contribution in [0.15, 0.2) is 24.0 Å². The molecule has 1 fully saturated rings. The molecule has 19 heavy (non-hydrogen) atoms. The molecule has 0 spiro atoms. The van der Waals surface area contributed by atoms with E-state index in [9.17, 15) is 0 Å². The molecular formula is C18H30O. The van der Waals surface area contributed by atoms with Crippen LogP contribution in [0.4, 0.5) is 0 Å². The Bertz CT molecular complexity index is 342. The van der Waals surface area contributed by atoms with Gasteiger partial charge in [0.2, 0.25) is 0 Å². The predicted molar refractivity (Wildman–Crippen MR) is 81.8 cm³/mol. The number of rotatable bonds is 4. The van der Waals surface area contributed by atoms with Gasteiger partial charge in [-0.2, -0.15) is 0 Å². The highest BCUT2D eigenvalue weighted by Gasteiger charge is 2.39. The van der Waals surface area contributed by atoms with Crippen LogP contribution in [0.3, 0.4) is 0 Å². The minimum Gasteiger partial charge on any atom is -0.505 e. The molecule has 0 aromatic carbocycles. The molecule has 0 radical (unpaired) electrons. The minimum atomic E-state index is 0.772. The summed E-state index contributed by atoms with van der Waals surface area (Å²) in [6.07, 6.45) is 13.4. The highest BCUT2D eigenvalue weighted by atomic mass is 16.5. The second-order valence-corrected chi connectivity index (χ2v) is 6.83. The Morgan fingerprint density at radius 2 is 2.16 bits per heavy atom. The Morgan fingerprint density at radius 1 is 1.37 bits per heavy atom. The van der Waals surface area contributed by atoms with Crippen LogP contribution in [-0.4, -0.2) is 7.11 Å². The van der Waals surface area contributed by atoms with Crippen molar-refractivity contribution >= 4 is 0 Å². The van der Waals surface area contributed by atoms with Crippen molar-refractivity contribution in [3.05, 3.63) is 24.0 Å². The van der Waals surface area contributed by atoms with Crippen molar-refractivity contribution < 1.29 is 4.74 Å². The Morgan fingerprint density at radius 3 is 2.89 bits per heavy atom. The Labute approximate surface area is 119 Å². The normalized spacial score (nSPS) is 36.7. The molecular weight excluding hydrogens is 232 g/mol. The fraction of sp³-hybridized carbons (Fsp3) is 0.778. The first kappa shape index (κ1) is 14.7. The largest absolute Gasteiger partial charge is 0.505 e. The average Bonchev–Trinajstić information content (AvgIpc) is 2.39. The van der Waals surface area contributed by atoms with Crippen molar-refractivity contribution in [1.29, 1.82) is 0 Å². The van der Waals surface area contributed by atoms with Crippen LogP contribution >= 0.6 is 0 Å². The summed E-state index contributed by atoms with van der Waals surface area (Å²) in [6, 6.07) is 0. The van der Waals surface area contributed by atoms with Crippen LogP contribution in [0, 0.1) is 29.6 Å². The molecule has 0 aromatic rings. The van der Waals surface area contributed by atoms with Gasteiger partial charge in [-0.3, -0.25) is 0 Å². The number of hydrogen-bond acceptors (Lipinski definition) is 1. The van der Waals surface area contributed by atoms with E-state index >= 15 is 0 Å². The van der Waals surface area contributed by atoms with E-state index in [0.717, 1.165) is 36.0 Å². The zero-order chi connectivity index (χ0) is 13.8. The molecule has 5 atom stereocenters. The first-order valence-electron chi connectivity index (χ1n) is 7.98. The van der Waals surface area contributed by atoms with E-state index < -0.39 is 0 Å². The van der Waals surface area contributed by atoms with Crippen molar-refractivity contribution in [3.8, 4) is 0 Å². The molecule has 0 heterocycles. The molecule has 1 saturated carbocycles. The summed E-state index contributed by atoms with van der Waals surface area (Å²) in [4.78, 5) is 0. The van der Waals surface area contributed by atoms with Gasteiger partial charge in [0.05, 0.1) is 13.4 Å². The number of hydrogen-bond donors (Lipinski definition) is 0. The second kappa shape index (κ2) is 6.63. The van der Waals surface area contributed by atoms with E-state index in [2.05, 4.69) is 32.9 Å². The number of fused-ring (bicyclic) bond motifs is 1. The maximum atomic E-state index is 5.03. The topological polar surface area (TPSA) is 9.23 Å². The van der Waals surface area contributed by atoms with Crippen LogP contribution in [0.5, 0.6) is 0 Å². The van der Waals surface area contributed by atoms with E-state index in [1.54, 1.807) is 12.7 Å². The molecule has 0 N–H and O–H groups in total. The number of allylic oxidation sites excluding steroid dienone is 3. The van der Waals surface area contributed by atoms with Gasteiger partial charge in [0, 0.05) is 0 Å². The molecule has 108 valence electrons. The lowest BCUT2D eigenvalue weighted by atomic mass is 9.60. The zero-order valence-electron chi connectivity index (χ0n) is 13.1. The smallest absolute Gasteiger partial charge is 0.0784 e. The molecule has 1 nitrogen and oxygen atoms in total. The third-order valence-corrected chi connectivity index (χ3v) is 5.50. The summed E-state index contributed by atoms with van der Waals surface area (Å²) in [5.74, 6) is 4.35. The van der Waals surface area contributed by atoms with Crippen molar-refractivity contribution in [2.24, 2.45) is 29.6 Å². The van der Waals surface area contributed by atoms with Crippen LogP contribution in [-0.2, 0) is 4.74 Å². The highest BCUT2D eigenvalue weighted by Crippen LogP contribution is 2.48. The lowest BCUT2D eigenvalue weighted by Crippen LogP contribution is -2.37. The van der Waals surface area contributed by atoms with Crippen molar-refractivity contribution in [2.45, 2.75) is 52.9 Å². The monoisotopic (exact) mass is 262 g/mol. The van der Waals surface area contributed by atoms with Gasteiger partial charge >= 0.3 is 0 Å². The van der Waals surface area contributed by atoms with Crippen LogP contribution in [0.2, 0.25) is 0 Å². The molecule has 2 aliphatic rings. The SMILES string of the molecule is COC=CC[C@H](C)[C@@H]1CC[C@@H](C)[C@@H]2CCC(C)=C[C@@H]21. The average molecular weight is 262 g/mol. The summed E-state index contributed by atoms with van der Waals surface area (Å²) >= 11 is 0. The lowest BCUT2D eigenvalue weighted by Gasteiger charge is -2.45. The fourth-order valence-electron chi connectivity index (χ4n) is 4.29. The highest BCUT2D eigenvalue weighted by molar-refractivity contribution is 5.11. The van der Waals surface area contributed by atoms with E-state index in [-0.39, 0.29) is 0 Å². The van der Waals surface area contributed by atoms with Gasteiger partial charge in [-0.15, -0.1) is 0 Å². The second-order valence-electron chi connectivity index (χ2n) is 6.83. The van der Waals surface area contributed by atoms with Gasteiger partial charge in [-0.1, -0.05) is 31.9 Å². The van der Waals surface area contributed by atoms with Gasteiger partial charge in [0.1, 0.15) is 0 Å². The predicted octanol–water partition coefficient (Wildman–Crippen LogP) is 5.19. The zero-order valence-corrected chi connectivity index (χ0v) is 13.1. The third kappa shape index (κ3) is 3.43. The summed E-state index contributed by atoms with van der Waals surface area (Å²) < 4.78 is 5.03. The minimum absolute atomic E-state index is 0.772. The first-order chi connectivity index (χ1) is 9.13. The number of methoxy groups -OCH3 is 1. The molecule has 1 heteroatoms. The molecule has 0 aliphatic heterocycles. The van der Waals surface area contributed by atoms with E-state index in [1.807, 2.05) is 6.26 Å². The number of ether oxygens (including phenoxy) is 1. The molecule has 0 unspecified atom stereocenters. The van der Waals surface area contributed by atoms with Gasteiger partial charge in [-0.05, 0) is 68.3 Å². The summed E-state index contributed by atoms with van der Waals surface area (Å²) in [6.45, 7) is 7.22. The lowest BCUT2D eigenvalue weighted by molar-refractivity contribution is 0.0835. The molecule has 0 saturated heterocycles. The fourth-order valence-corrected chi connectivity index (χ4v) is 4.29. The van der Waals surface area contributed by atoms with E-state index in [0.29, 0.717) is 0 Å². The van der Waals surface area contributed by atoms with Gasteiger partial charge in [-0.25, -0.2) is 0 Å².